The Morgan fingerprint density at radius 1 is 1.33 bits per heavy atom. The predicted molar refractivity (Wildman–Crippen MR) is 131 cm³/mol. The lowest BCUT2D eigenvalue weighted by Gasteiger charge is -2.34. The van der Waals surface area contributed by atoms with Crippen LogP contribution >= 0.6 is 24.0 Å². The van der Waals surface area contributed by atoms with Crippen molar-refractivity contribution >= 4 is 47.5 Å². The lowest BCUT2D eigenvalue weighted by atomic mass is 9.98. The van der Waals surface area contributed by atoms with Crippen molar-refractivity contribution in [1.29, 1.82) is 0 Å². The predicted octanol–water partition coefficient (Wildman–Crippen LogP) is 3.64. The number of rotatable bonds is 7. The number of aliphatic imine (C=N–C) groups is 1. The molecular weight excluding hydrogens is 495 g/mol. The molecule has 1 aromatic carbocycles. The molecule has 1 amide bonds. The Labute approximate surface area is 197 Å². The quantitative estimate of drug-likeness (QED) is 0.244. The minimum Gasteiger partial charge on any atom is -0.466 e. The first-order valence-electron chi connectivity index (χ1n) is 10.4. The van der Waals surface area contributed by atoms with Crippen molar-refractivity contribution in [2.75, 3.05) is 32.1 Å². The number of hydrogen-bond acceptors (Lipinski definition) is 4. The largest absolute Gasteiger partial charge is 0.466 e. The number of halogens is 1. The smallest absolute Gasteiger partial charge is 0.310 e. The summed E-state index contributed by atoms with van der Waals surface area (Å²) in [6.07, 6.45) is 2.29. The normalized spacial score (nSPS) is 16.6. The number of likely N-dealkylation sites (tertiary alicyclic amines) is 1. The summed E-state index contributed by atoms with van der Waals surface area (Å²) < 4.78 is 5.18. The molecular formula is C22H35IN4O3. The van der Waals surface area contributed by atoms with Gasteiger partial charge in [0.25, 0.3) is 0 Å². The highest BCUT2D eigenvalue weighted by atomic mass is 127. The van der Waals surface area contributed by atoms with Crippen molar-refractivity contribution in [2.24, 2.45) is 16.8 Å². The van der Waals surface area contributed by atoms with Crippen LogP contribution in [0.3, 0.4) is 0 Å². The van der Waals surface area contributed by atoms with E-state index in [0.29, 0.717) is 32.0 Å². The van der Waals surface area contributed by atoms with Gasteiger partial charge in [0.05, 0.1) is 12.5 Å². The zero-order valence-corrected chi connectivity index (χ0v) is 20.8. The monoisotopic (exact) mass is 530 g/mol. The number of amides is 1. The summed E-state index contributed by atoms with van der Waals surface area (Å²) in [7, 11) is 1.75. The number of benzene rings is 1. The van der Waals surface area contributed by atoms with Gasteiger partial charge in [0.2, 0.25) is 5.91 Å². The van der Waals surface area contributed by atoms with E-state index in [-0.39, 0.29) is 41.8 Å². The zero-order chi connectivity index (χ0) is 21.2. The van der Waals surface area contributed by atoms with Crippen LogP contribution in [0.4, 0.5) is 5.69 Å². The van der Waals surface area contributed by atoms with Crippen LogP contribution in [0, 0.1) is 11.8 Å². The van der Waals surface area contributed by atoms with Crippen molar-refractivity contribution < 1.29 is 14.3 Å². The summed E-state index contributed by atoms with van der Waals surface area (Å²) >= 11 is 0. The number of piperidine rings is 1. The molecule has 0 aliphatic carbocycles. The summed E-state index contributed by atoms with van der Waals surface area (Å²) in [5, 5.41) is 6.32. The third-order valence-electron chi connectivity index (χ3n) is 4.81. The standard InChI is InChI=1S/C22H34N4O3.HI/c1-5-29-21(28)18-9-7-11-26(15-18)22(23-4)24-14-17-8-6-10-19(13-17)25-20(27)12-16(2)3;/h6,8,10,13,16,18H,5,7,9,11-12,14-15H2,1-4H3,(H,23,24)(H,25,27);1H. The Morgan fingerprint density at radius 2 is 2.10 bits per heavy atom. The van der Waals surface area contributed by atoms with Crippen molar-refractivity contribution in [3.05, 3.63) is 29.8 Å². The molecule has 8 heteroatoms. The molecule has 1 saturated heterocycles. The van der Waals surface area contributed by atoms with Gasteiger partial charge in [-0.15, -0.1) is 24.0 Å². The fourth-order valence-corrected chi connectivity index (χ4v) is 3.48. The topological polar surface area (TPSA) is 83.0 Å². The molecule has 0 bridgehead atoms. The number of nitrogens with zero attached hydrogens (tertiary/aromatic N) is 2. The molecule has 1 atom stereocenters. The summed E-state index contributed by atoms with van der Waals surface area (Å²) in [4.78, 5) is 30.6. The third-order valence-corrected chi connectivity index (χ3v) is 4.81. The SMILES string of the molecule is CCOC(=O)C1CCCN(C(=NC)NCc2cccc(NC(=O)CC(C)C)c2)C1.I. The molecule has 30 heavy (non-hydrogen) atoms. The van der Waals surface area contributed by atoms with Gasteiger partial charge in [0.1, 0.15) is 0 Å². The van der Waals surface area contributed by atoms with Crippen LogP contribution in [-0.4, -0.2) is 49.5 Å². The average Bonchev–Trinajstić information content (AvgIpc) is 2.68. The van der Waals surface area contributed by atoms with Crippen LogP contribution in [0.2, 0.25) is 0 Å². The van der Waals surface area contributed by atoms with Crippen molar-refractivity contribution in [1.82, 2.24) is 10.2 Å². The van der Waals surface area contributed by atoms with E-state index in [4.69, 9.17) is 4.74 Å². The maximum Gasteiger partial charge on any atom is 0.310 e. The summed E-state index contributed by atoms with van der Waals surface area (Å²) in [5.41, 5.74) is 1.85. The van der Waals surface area contributed by atoms with Gasteiger partial charge in [0.15, 0.2) is 5.96 Å². The van der Waals surface area contributed by atoms with Crippen molar-refractivity contribution in [3.63, 3.8) is 0 Å². The first-order chi connectivity index (χ1) is 13.9. The first-order valence-corrected chi connectivity index (χ1v) is 10.4. The molecule has 1 aliphatic rings. The third kappa shape index (κ3) is 8.49. The number of esters is 1. The second-order valence-corrected chi connectivity index (χ2v) is 7.78. The Morgan fingerprint density at radius 3 is 2.77 bits per heavy atom. The first kappa shape index (κ1) is 26.2. The number of anilines is 1. The minimum atomic E-state index is -0.127. The molecule has 1 aromatic rings. The Hall–Kier alpha value is -1.84. The fourth-order valence-electron chi connectivity index (χ4n) is 3.48. The van der Waals surface area contributed by atoms with Gasteiger partial charge in [-0.1, -0.05) is 26.0 Å². The van der Waals surface area contributed by atoms with Gasteiger partial charge in [-0.05, 0) is 43.4 Å². The van der Waals surface area contributed by atoms with E-state index in [2.05, 4.69) is 20.5 Å². The zero-order valence-electron chi connectivity index (χ0n) is 18.4. The minimum absolute atomic E-state index is 0. The summed E-state index contributed by atoms with van der Waals surface area (Å²) in [5.74, 6) is 0.887. The Bertz CT molecular complexity index is 724. The highest BCUT2D eigenvalue weighted by Gasteiger charge is 2.28. The average molecular weight is 530 g/mol. The summed E-state index contributed by atoms with van der Waals surface area (Å²) in [6.45, 7) is 8.35. The molecule has 7 nitrogen and oxygen atoms in total. The van der Waals surface area contributed by atoms with E-state index >= 15 is 0 Å². The highest BCUT2D eigenvalue weighted by molar-refractivity contribution is 14.0. The maximum absolute atomic E-state index is 12.1. The number of carbonyl (C=O) groups is 2. The van der Waals surface area contributed by atoms with Crippen LogP contribution in [0.1, 0.15) is 45.6 Å². The molecule has 1 unspecified atom stereocenters. The second-order valence-electron chi connectivity index (χ2n) is 7.78. The van der Waals surface area contributed by atoms with Crippen LogP contribution in [0.25, 0.3) is 0 Å². The van der Waals surface area contributed by atoms with E-state index in [1.54, 1.807) is 7.05 Å². The van der Waals surface area contributed by atoms with E-state index in [0.717, 1.165) is 36.6 Å². The fraction of sp³-hybridized carbons (Fsp3) is 0.591. The van der Waals surface area contributed by atoms with Gasteiger partial charge in [-0.3, -0.25) is 14.6 Å². The molecule has 0 spiro atoms. The lowest BCUT2D eigenvalue weighted by Crippen LogP contribution is -2.48. The molecule has 168 valence electrons. The number of carbonyl (C=O) groups excluding carboxylic acids is 2. The lowest BCUT2D eigenvalue weighted by molar-refractivity contribution is -0.149. The van der Waals surface area contributed by atoms with Gasteiger partial charge in [-0.25, -0.2) is 0 Å². The van der Waals surface area contributed by atoms with Gasteiger partial charge in [0, 0.05) is 38.8 Å². The molecule has 0 radical (unpaired) electrons. The van der Waals surface area contributed by atoms with Crippen LogP contribution in [0.15, 0.2) is 29.3 Å². The molecule has 1 heterocycles. The van der Waals surface area contributed by atoms with Crippen LogP contribution in [-0.2, 0) is 20.9 Å². The van der Waals surface area contributed by atoms with Crippen molar-refractivity contribution in [2.45, 2.75) is 46.6 Å². The van der Waals surface area contributed by atoms with Crippen molar-refractivity contribution in [3.8, 4) is 0 Å². The Balaban J connectivity index is 0.00000450. The maximum atomic E-state index is 12.1. The van der Waals surface area contributed by atoms with E-state index < -0.39 is 0 Å². The summed E-state index contributed by atoms with van der Waals surface area (Å²) in [6, 6.07) is 7.81. The van der Waals surface area contributed by atoms with Crippen LogP contribution < -0.4 is 10.6 Å². The van der Waals surface area contributed by atoms with Gasteiger partial charge < -0.3 is 20.3 Å². The van der Waals surface area contributed by atoms with Gasteiger partial charge in [-0.2, -0.15) is 0 Å². The van der Waals surface area contributed by atoms with E-state index in [1.807, 2.05) is 45.0 Å². The molecule has 0 saturated carbocycles. The van der Waals surface area contributed by atoms with E-state index in [9.17, 15) is 9.59 Å². The van der Waals surface area contributed by atoms with E-state index in [1.165, 1.54) is 0 Å². The molecule has 1 aliphatic heterocycles. The number of nitrogens with one attached hydrogen (secondary N) is 2. The molecule has 2 N–H and O–H groups in total. The second kappa shape index (κ2) is 13.5. The molecule has 0 aromatic heterocycles. The van der Waals surface area contributed by atoms with Gasteiger partial charge >= 0.3 is 5.97 Å². The van der Waals surface area contributed by atoms with Crippen LogP contribution in [0.5, 0.6) is 0 Å². The molecule has 1 fully saturated rings. The number of hydrogen-bond donors (Lipinski definition) is 2. The number of ether oxygens (including phenoxy) is 1. The number of guanidine groups is 1. The highest BCUT2D eigenvalue weighted by Crippen LogP contribution is 2.18. The molecule has 2 rings (SSSR count). The Kier molecular flexibility index (Phi) is 11.8.